The highest BCUT2D eigenvalue weighted by atomic mass is 32.1. The van der Waals surface area contributed by atoms with Gasteiger partial charge in [0.25, 0.3) is 0 Å². The van der Waals surface area contributed by atoms with Crippen LogP contribution in [0.4, 0.5) is 0 Å². The summed E-state index contributed by atoms with van der Waals surface area (Å²) in [6, 6.07) is 6.29. The van der Waals surface area contributed by atoms with Crippen molar-refractivity contribution in [2.75, 3.05) is 0 Å². The van der Waals surface area contributed by atoms with Crippen LogP contribution in [-0.4, -0.2) is 4.37 Å². The van der Waals surface area contributed by atoms with Crippen LogP contribution < -0.4 is 0 Å². The Kier molecular flexibility index (Phi) is 1.21. The average Bonchev–Trinajstić information content (AvgIpc) is 2.33. The lowest BCUT2D eigenvalue weighted by atomic mass is 10.2. The fraction of sp³-hybridized carbons (Fsp3) is 0.125. The minimum absolute atomic E-state index is 1.11. The lowest BCUT2D eigenvalue weighted by Crippen LogP contribution is -1.69. The van der Waals surface area contributed by atoms with Crippen LogP contribution in [0.15, 0.2) is 23.6 Å². The molecule has 0 saturated carbocycles. The van der Waals surface area contributed by atoms with Crippen LogP contribution in [-0.2, 0) is 0 Å². The first-order chi connectivity index (χ1) is 4.86. The molecule has 2 rings (SSSR count). The van der Waals surface area contributed by atoms with Gasteiger partial charge >= 0.3 is 0 Å². The maximum atomic E-state index is 4.20. The van der Waals surface area contributed by atoms with Gasteiger partial charge in [-0.05, 0) is 30.6 Å². The molecule has 0 spiro atoms. The van der Waals surface area contributed by atoms with Crippen LogP contribution in [0.2, 0.25) is 0 Å². The van der Waals surface area contributed by atoms with Crippen molar-refractivity contribution in [3.05, 3.63) is 29.1 Å². The van der Waals surface area contributed by atoms with E-state index in [1.807, 2.05) is 0 Å². The van der Waals surface area contributed by atoms with Crippen molar-refractivity contribution in [1.29, 1.82) is 0 Å². The Morgan fingerprint density at radius 2 is 2.30 bits per heavy atom. The maximum absolute atomic E-state index is 4.20. The lowest BCUT2D eigenvalue weighted by Gasteiger charge is -1.88. The van der Waals surface area contributed by atoms with Crippen molar-refractivity contribution in [1.82, 2.24) is 4.37 Å². The van der Waals surface area contributed by atoms with Crippen molar-refractivity contribution in [3.63, 3.8) is 0 Å². The molecular formula is C8H7NS. The Bertz CT molecular complexity index is 351. The van der Waals surface area contributed by atoms with E-state index < -0.39 is 0 Å². The largest absolute Gasteiger partial charge is 0.193 e. The summed E-state index contributed by atoms with van der Waals surface area (Å²) in [4.78, 5) is 0. The molecule has 50 valence electrons. The highest BCUT2D eigenvalue weighted by Gasteiger charge is 1.93. The highest BCUT2D eigenvalue weighted by molar-refractivity contribution is 7.04. The summed E-state index contributed by atoms with van der Waals surface area (Å²) in [6.45, 7) is 2.09. The van der Waals surface area contributed by atoms with Gasteiger partial charge in [-0.1, -0.05) is 11.6 Å². The highest BCUT2D eigenvalue weighted by Crippen LogP contribution is 2.15. The third-order valence-corrected chi connectivity index (χ3v) is 2.18. The summed E-state index contributed by atoms with van der Waals surface area (Å²) in [7, 11) is 0. The Hall–Kier alpha value is -0.890. The topological polar surface area (TPSA) is 12.9 Å². The molecule has 0 atom stereocenters. The Morgan fingerprint density at radius 1 is 1.40 bits per heavy atom. The second-order valence-electron chi connectivity index (χ2n) is 2.38. The summed E-state index contributed by atoms with van der Waals surface area (Å²) >= 11 is 1.51. The van der Waals surface area contributed by atoms with Crippen LogP contribution in [0.3, 0.4) is 0 Å². The number of hydrogen-bond donors (Lipinski definition) is 0. The van der Waals surface area contributed by atoms with Crippen molar-refractivity contribution in [2.45, 2.75) is 6.92 Å². The predicted octanol–water partition coefficient (Wildman–Crippen LogP) is 2.60. The third-order valence-electron chi connectivity index (χ3n) is 1.51. The van der Waals surface area contributed by atoms with E-state index in [9.17, 15) is 0 Å². The zero-order valence-electron chi connectivity index (χ0n) is 5.66. The second-order valence-corrected chi connectivity index (χ2v) is 3.01. The molecule has 0 bridgehead atoms. The molecule has 1 nitrogen and oxygen atoms in total. The number of rotatable bonds is 0. The summed E-state index contributed by atoms with van der Waals surface area (Å²) in [6.07, 6.45) is 0. The number of benzene rings is 1. The van der Waals surface area contributed by atoms with Crippen molar-refractivity contribution >= 4 is 22.4 Å². The van der Waals surface area contributed by atoms with Gasteiger partial charge in [-0.25, -0.2) is 0 Å². The van der Waals surface area contributed by atoms with Crippen LogP contribution in [0.1, 0.15) is 5.56 Å². The summed E-state index contributed by atoms with van der Waals surface area (Å²) in [5, 5.41) is 3.33. The van der Waals surface area contributed by atoms with Gasteiger partial charge in [0, 0.05) is 10.8 Å². The average molecular weight is 149 g/mol. The third kappa shape index (κ3) is 0.809. The van der Waals surface area contributed by atoms with Crippen LogP contribution >= 0.6 is 11.5 Å². The van der Waals surface area contributed by atoms with Gasteiger partial charge < -0.3 is 0 Å². The second kappa shape index (κ2) is 2.06. The van der Waals surface area contributed by atoms with E-state index in [-0.39, 0.29) is 0 Å². The van der Waals surface area contributed by atoms with Gasteiger partial charge in [0.2, 0.25) is 0 Å². The van der Waals surface area contributed by atoms with E-state index in [0.29, 0.717) is 0 Å². The van der Waals surface area contributed by atoms with Gasteiger partial charge in [0.1, 0.15) is 0 Å². The number of aromatic nitrogens is 1. The fourth-order valence-corrected chi connectivity index (χ4v) is 1.63. The van der Waals surface area contributed by atoms with E-state index in [2.05, 4.69) is 34.9 Å². The first kappa shape index (κ1) is 5.86. The first-order valence-corrected chi connectivity index (χ1v) is 4.01. The molecule has 0 unspecified atom stereocenters. The molecule has 0 aliphatic rings. The molecule has 0 amide bonds. The molecule has 0 fully saturated rings. The van der Waals surface area contributed by atoms with Crippen LogP contribution in [0, 0.1) is 6.92 Å². The maximum Gasteiger partial charge on any atom is 0.0840 e. The molecule has 0 N–H and O–H groups in total. The normalized spacial score (nSPS) is 10.5. The molecule has 0 radical (unpaired) electrons. The smallest absolute Gasteiger partial charge is 0.0840 e. The van der Waals surface area contributed by atoms with E-state index >= 15 is 0 Å². The SMILES string of the molecule is Cc1ccc2nscc2c1. The van der Waals surface area contributed by atoms with Gasteiger partial charge in [0.15, 0.2) is 0 Å². The van der Waals surface area contributed by atoms with Gasteiger partial charge in [-0.2, -0.15) is 4.37 Å². The monoisotopic (exact) mass is 149 g/mol. The van der Waals surface area contributed by atoms with E-state index in [4.69, 9.17) is 0 Å². The predicted molar refractivity (Wildman–Crippen MR) is 44.4 cm³/mol. The molecule has 0 aliphatic heterocycles. The van der Waals surface area contributed by atoms with E-state index in [0.717, 1.165) is 5.52 Å². The number of aryl methyl sites for hydroxylation is 1. The fourth-order valence-electron chi connectivity index (χ4n) is 0.991. The Balaban J connectivity index is 2.86. The molecule has 2 heteroatoms. The first-order valence-electron chi connectivity index (χ1n) is 3.17. The molecule has 1 heterocycles. The van der Waals surface area contributed by atoms with Crippen molar-refractivity contribution in [3.8, 4) is 0 Å². The molecule has 0 saturated heterocycles. The minimum Gasteiger partial charge on any atom is -0.193 e. The van der Waals surface area contributed by atoms with E-state index in [1.165, 1.54) is 22.5 Å². The number of nitrogens with zero attached hydrogens (tertiary/aromatic N) is 1. The van der Waals surface area contributed by atoms with Gasteiger partial charge in [-0.15, -0.1) is 0 Å². The summed E-state index contributed by atoms with van der Waals surface area (Å²) in [5.74, 6) is 0. The minimum atomic E-state index is 1.11. The zero-order valence-corrected chi connectivity index (χ0v) is 6.48. The molecular weight excluding hydrogens is 142 g/mol. The lowest BCUT2D eigenvalue weighted by molar-refractivity contribution is 1.50. The Morgan fingerprint density at radius 3 is 3.20 bits per heavy atom. The molecule has 10 heavy (non-hydrogen) atoms. The van der Waals surface area contributed by atoms with Gasteiger partial charge in [0.05, 0.1) is 5.52 Å². The van der Waals surface area contributed by atoms with Gasteiger partial charge in [-0.3, -0.25) is 0 Å². The number of hydrogen-bond acceptors (Lipinski definition) is 2. The standard InChI is InChI=1S/C8H7NS/c1-6-2-3-8-7(4-6)5-10-9-8/h2-5H,1H3. The van der Waals surface area contributed by atoms with Crippen molar-refractivity contribution in [2.24, 2.45) is 0 Å². The molecule has 1 aromatic heterocycles. The molecule has 1 aromatic carbocycles. The van der Waals surface area contributed by atoms with Crippen molar-refractivity contribution < 1.29 is 0 Å². The Labute approximate surface area is 63.5 Å². The quantitative estimate of drug-likeness (QED) is 0.561. The number of fused-ring (bicyclic) bond motifs is 1. The summed E-state index contributed by atoms with van der Waals surface area (Å²) in [5.41, 5.74) is 2.41. The molecule has 0 aliphatic carbocycles. The van der Waals surface area contributed by atoms with Crippen LogP contribution in [0.25, 0.3) is 10.9 Å². The summed E-state index contributed by atoms with van der Waals surface area (Å²) < 4.78 is 4.20. The zero-order chi connectivity index (χ0) is 6.97. The van der Waals surface area contributed by atoms with Crippen LogP contribution in [0.5, 0.6) is 0 Å². The van der Waals surface area contributed by atoms with E-state index in [1.54, 1.807) is 0 Å². The molecule has 2 aromatic rings.